The number of benzene rings is 1. The van der Waals surface area contributed by atoms with Gasteiger partial charge in [-0.2, -0.15) is 5.09 Å². The van der Waals surface area contributed by atoms with E-state index in [1.807, 2.05) is 0 Å². The van der Waals surface area contributed by atoms with Gasteiger partial charge in [0.25, 0.3) is 0 Å². The zero-order valence-electron chi connectivity index (χ0n) is 15.2. The van der Waals surface area contributed by atoms with Gasteiger partial charge in [0.05, 0.1) is 19.3 Å². The van der Waals surface area contributed by atoms with E-state index in [1.165, 1.54) is 13.8 Å². The Morgan fingerprint density at radius 3 is 2.65 bits per heavy atom. The first-order chi connectivity index (χ1) is 12.3. The van der Waals surface area contributed by atoms with Gasteiger partial charge in [0.1, 0.15) is 17.4 Å². The minimum atomic E-state index is -3.96. The second-order valence-corrected chi connectivity index (χ2v) is 8.08. The van der Waals surface area contributed by atoms with Crippen molar-refractivity contribution in [2.45, 2.75) is 44.9 Å². The number of carbonyl (C=O) groups excluding carboxylic acids is 1. The third-order valence-electron chi connectivity index (χ3n) is 3.75. The molecule has 3 atom stereocenters. The number of carbonyl (C=O) groups is 1. The van der Waals surface area contributed by atoms with Crippen molar-refractivity contribution in [3.63, 3.8) is 0 Å². The van der Waals surface area contributed by atoms with E-state index in [0.717, 1.165) is 0 Å². The minimum absolute atomic E-state index is 0.142. The van der Waals surface area contributed by atoms with Gasteiger partial charge in [0.2, 0.25) is 0 Å². The summed E-state index contributed by atoms with van der Waals surface area (Å²) in [4.78, 5) is 12.1. The highest BCUT2D eigenvalue weighted by Gasteiger charge is 2.41. The molecular weight excluding hydrogens is 361 g/mol. The van der Waals surface area contributed by atoms with Gasteiger partial charge in [-0.15, -0.1) is 0 Å². The third kappa shape index (κ3) is 5.79. The van der Waals surface area contributed by atoms with Crippen molar-refractivity contribution in [2.75, 3.05) is 19.8 Å². The lowest BCUT2D eigenvalue weighted by Crippen LogP contribution is -2.47. The molecule has 1 aliphatic heterocycles. The number of rotatable bonds is 9. The van der Waals surface area contributed by atoms with E-state index in [2.05, 4.69) is 5.09 Å². The maximum Gasteiger partial charge on any atom is 0.459 e. The van der Waals surface area contributed by atoms with Gasteiger partial charge in [0, 0.05) is 6.61 Å². The van der Waals surface area contributed by atoms with Gasteiger partial charge < -0.3 is 19.1 Å². The van der Waals surface area contributed by atoms with Crippen molar-refractivity contribution in [2.24, 2.45) is 0 Å². The molecule has 2 unspecified atom stereocenters. The molecule has 26 heavy (non-hydrogen) atoms. The number of aliphatic hydroxyl groups is 1. The molecule has 1 aliphatic rings. The maximum atomic E-state index is 13.3. The quantitative estimate of drug-likeness (QED) is 0.491. The lowest BCUT2D eigenvalue weighted by Gasteiger charge is -2.29. The number of hydrogen-bond donors (Lipinski definition) is 2. The summed E-state index contributed by atoms with van der Waals surface area (Å²) in [6.45, 7) is 5.19. The van der Waals surface area contributed by atoms with E-state index >= 15 is 0 Å². The Labute approximate surface area is 153 Å². The average molecular weight is 387 g/mol. The van der Waals surface area contributed by atoms with Crippen LogP contribution in [-0.4, -0.2) is 48.6 Å². The highest BCUT2D eigenvalue weighted by Crippen LogP contribution is 2.46. The summed E-state index contributed by atoms with van der Waals surface area (Å²) in [5.74, 6) is -0.270. The van der Waals surface area contributed by atoms with E-state index in [9.17, 15) is 14.5 Å². The number of esters is 1. The summed E-state index contributed by atoms with van der Waals surface area (Å²) in [5.41, 5.74) is -1.31. The number of nitrogens with one attached hydrogen (secondary N) is 1. The molecule has 8 nitrogen and oxygen atoms in total. The zero-order chi connectivity index (χ0) is 19.2. The Bertz CT molecular complexity index is 637. The second-order valence-electron chi connectivity index (χ2n) is 6.42. The van der Waals surface area contributed by atoms with Crippen LogP contribution in [0.25, 0.3) is 0 Å². The molecule has 0 radical (unpaired) electrons. The summed E-state index contributed by atoms with van der Waals surface area (Å²) in [7, 11) is -3.96. The van der Waals surface area contributed by atoms with Crippen LogP contribution in [0.3, 0.4) is 0 Å². The fourth-order valence-electron chi connectivity index (χ4n) is 2.37. The molecule has 0 amide bonds. The Kier molecular flexibility index (Phi) is 7.20. The van der Waals surface area contributed by atoms with Crippen LogP contribution >= 0.6 is 7.75 Å². The first kappa shape index (κ1) is 20.9. The van der Waals surface area contributed by atoms with E-state index in [-0.39, 0.29) is 13.2 Å². The first-order valence-corrected chi connectivity index (χ1v) is 10.1. The lowest BCUT2D eigenvalue weighted by atomic mass is 10.1. The summed E-state index contributed by atoms with van der Waals surface area (Å²) in [5, 5.41) is 12.5. The molecule has 1 heterocycles. The molecule has 0 spiro atoms. The topological polar surface area (TPSA) is 103 Å². The summed E-state index contributed by atoms with van der Waals surface area (Å²) < 4.78 is 34.6. The fourth-order valence-corrected chi connectivity index (χ4v) is 4.05. The van der Waals surface area contributed by atoms with Gasteiger partial charge >= 0.3 is 13.7 Å². The molecule has 0 aliphatic carbocycles. The maximum absolute atomic E-state index is 13.3. The number of para-hydroxylation sites is 1. The van der Waals surface area contributed by atoms with E-state index < -0.39 is 31.5 Å². The number of hydrogen-bond acceptors (Lipinski definition) is 7. The predicted molar refractivity (Wildman–Crippen MR) is 94.8 cm³/mol. The van der Waals surface area contributed by atoms with Crippen molar-refractivity contribution in [1.82, 2.24) is 5.09 Å². The van der Waals surface area contributed by atoms with Crippen molar-refractivity contribution in [3.05, 3.63) is 30.3 Å². The molecule has 2 rings (SSSR count). The summed E-state index contributed by atoms with van der Waals surface area (Å²) in [6.07, 6.45) is -0.812. The van der Waals surface area contributed by atoms with Gasteiger partial charge in [0.15, 0.2) is 0 Å². The van der Waals surface area contributed by atoms with Crippen molar-refractivity contribution < 1.29 is 33.0 Å². The molecule has 2 N–H and O–H groups in total. The Morgan fingerprint density at radius 2 is 2.08 bits per heavy atom. The molecule has 0 saturated carbocycles. The van der Waals surface area contributed by atoms with Crippen LogP contribution in [0.15, 0.2) is 30.3 Å². The smallest absolute Gasteiger partial charge is 0.459 e. The largest absolute Gasteiger partial charge is 0.465 e. The third-order valence-corrected chi connectivity index (χ3v) is 5.53. The predicted octanol–water partition coefficient (Wildman–Crippen LogP) is 2.27. The highest BCUT2D eigenvalue weighted by molar-refractivity contribution is 7.52. The monoisotopic (exact) mass is 387 g/mol. The second kappa shape index (κ2) is 8.97. The van der Waals surface area contributed by atoms with Crippen LogP contribution in [0, 0.1) is 0 Å². The molecule has 0 aromatic heterocycles. The zero-order valence-corrected chi connectivity index (χ0v) is 16.1. The van der Waals surface area contributed by atoms with Gasteiger partial charge in [-0.05, 0) is 39.3 Å². The Morgan fingerprint density at radius 1 is 1.38 bits per heavy atom. The van der Waals surface area contributed by atoms with E-state index in [4.69, 9.17) is 18.5 Å². The van der Waals surface area contributed by atoms with Crippen LogP contribution in [0.2, 0.25) is 0 Å². The molecule has 1 saturated heterocycles. The highest BCUT2D eigenvalue weighted by atomic mass is 31.2. The summed E-state index contributed by atoms with van der Waals surface area (Å²) in [6, 6.07) is 8.48. The summed E-state index contributed by atoms with van der Waals surface area (Å²) >= 11 is 0. The van der Waals surface area contributed by atoms with Crippen LogP contribution < -0.4 is 9.61 Å². The number of aliphatic hydroxyl groups excluding tert-OH is 1. The standard InChI is InChI=1S/C17H26NO7P/c1-4-22-16(20)17(2,3)18-26(21,25-13-8-6-5-7-9-13)24-12-15-14(19)10-11-23-15/h5-9,14-15,19H,4,10-12H2,1-3H3,(H,18,21)/t14?,15-,26?/m1/s1. The molecule has 1 aromatic carbocycles. The van der Waals surface area contributed by atoms with Crippen molar-refractivity contribution >= 4 is 13.7 Å². The molecule has 0 bridgehead atoms. The Balaban J connectivity index is 2.14. The lowest BCUT2D eigenvalue weighted by molar-refractivity contribution is -0.149. The molecule has 146 valence electrons. The van der Waals surface area contributed by atoms with Crippen molar-refractivity contribution in [3.8, 4) is 5.75 Å². The van der Waals surface area contributed by atoms with Crippen LogP contribution in [0.1, 0.15) is 27.2 Å². The van der Waals surface area contributed by atoms with Crippen LogP contribution in [0.4, 0.5) is 0 Å². The first-order valence-electron chi connectivity index (χ1n) is 8.51. The van der Waals surface area contributed by atoms with Gasteiger partial charge in [-0.3, -0.25) is 9.32 Å². The minimum Gasteiger partial charge on any atom is -0.465 e. The van der Waals surface area contributed by atoms with Gasteiger partial charge in [-0.25, -0.2) is 4.57 Å². The number of ether oxygens (including phenoxy) is 2. The molecule has 1 aromatic rings. The van der Waals surface area contributed by atoms with Gasteiger partial charge in [-0.1, -0.05) is 18.2 Å². The SMILES string of the molecule is CCOC(=O)C(C)(C)NP(=O)(OC[C@H]1OCCC1O)Oc1ccccc1. The molecule has 9 heteroatoms. The fraction of sp³-hybridized carbons (Fsp3) is 0.588. The van der Waals surface area contributed by atoms with Crippen molar-refractivity contribution in [1.29, 1.82) is 0 Å². The normalized spacial score (nSPS) is 22.6. The van der Waals surface area contributed by atoms with E-state index in [0.29, 0.717) is 18.8 Å². The average Bonchev–Trinajstić information content (AvgIpc) is 2.99. The van der Waals surface area contributed by atoms with Crippen LogP contribution in [0.5, 0.6) is 5.75 Å². The molecule has 1 fully saturated rings. The van der Waals surface area contributed by atoms with Crippen LogP contribution in [-0.2, 0) is 23.4 Å². The Hall–Kier alpha value is -1.44. The molecular formula is C17H26NO7P. The van der Waals surface area contributed by atoms with E-state index in [1.54, 1.807) is 37.3 Å².